The molecular weight excluding hydrogens is 272 g/mol. The molecule has 6 heteroatoms. The minimum atomic E-state index is -0.568. The summed E-state index contributed by atoms with van der Waals surface area (Å²) in [5.74, 6) is 1.22. The zero-order valence-electron chi connectivity index (χ0n) is 12.1. The fraction of sp³-hybridized carbons (Fsp3) is 0.533. The predicted octanol–water partition coefficient (Wildman–Crippen LogP) is 0.265. The molecule has 2 aliphatic rings. The van der Waals surface area contributed by atoms with Crippen molar-refractivity contribution in [3.05, 3.63) is 23.8 Å². The maximum absolute atomic E-state index is 12.1. The highest BCUT2D eigenvalue weighted by Crippen LogP contribution is 2.34. The van der Waals surface area contributed by atoms with Gasteiger partial charge >= 0.3 is 0 Å². The van der Waals surface area contributed by atoms with Crippen molar-refractivity contribution in [2.24, 2.45) is 0 Å². The van der Waals surface area contributed by atoms with Crippen molar-refractivity contribution < 1.29 is 19.4 Å². The number of piperazine rings is 1. The molecule has 1 aromatic carbocycles. The van der Waals surface area contributed by atoms with Crippen molar-refractivity contribution in [3.8, 4) is 11.5 Å². The number of fused-ring (bicyclic) bond motifs is 1. The monoisotopic (exact) mass is 292 g/mol. The van der Waals surface area contributed by atoms with Gasteiger partial charge in [-0.3, -0.25) is 4.79 Å². The second kappa shape index (κ2) is 5.91. The zero-order valence-corrected chi connectivity index (χ0v) is 12.1. The average Bonchev–Trinajstić information content (AvgIpc) is 2.86. The van der Waals surface area contributed by atoms with Crippen molar-refractivity contribution in [1.29, 1.82) is 0 Å². The number of benzene rings is 1. The van der Waals surface area contributed by atoms with Crippen LogP contribution in [-0.2, 0) is 4.79 Å². The van der Waals surface area contributed by atoms with E-state index in [1.54, 1.807) is 18.2 Å². The Labute approximate surface area is 123 Å². The van der Waals surface area contributed by atoms with Crippen LogP contribution in [0.15, 0.2) is 18.2 Å². The van der Waals surface area contributed by atoms with E-state index in [0.717, 1.165) is 31.7 Å². The maximum atomic E-state index is 12.1. The molecule has 1 amide bonds. The number of ether oxygens (including phenoxy) is 2. The quantitative estimate of drug-likeness (QED) is 0.866. The zero-order chi connectivity index (χ0) is 14.8. The molecular formula is C15H20N2O4. The Morgan fingerprint density at radius 3 is 2.90 bits per heavy atom. The van der Waals surface area contributed by atoms with E-state index in [2.05, 4.69) is 11.9 Å². The van der Waals surface area contributed by atoms with E-state index in [4.69, 9.17) is 9.47 Å². The molecule has 1 saturated heterocycles. The van der Waals surface area contributed by atoms with Crippen molar-refractivity contribution >= 4 is 5.91 Å². The summed E-state index contributed by atoms with van der Waals surface area (Å²) in [4.78, 5) is 16.1. The Morgan fingerprint density at radius 1 is 1.38 bits per heavy atom. The van der Waals surface area contributed by atoms with Gasteiger partial charge in [-0.25, -0.2) is 0 Å². The third-order valence-corrected chi connectivity index (χ3v) is 3.96. The Balaban J connectivity index is 1.54. The number of hydrogen-bond donors (Lipinski definition) is 1. The van der Waals surface area contributed by atoms with Gasteiger partial charge in [0.05, 0.1) is 0 Å². The number of aliphatic hydroxyl groups is 1. The first-order valence-corrected chi connectivity index (χ1v) is 7.17. The van der Waals surface area contributed by atoms with E-state index in [9.17, 15) is 9.90 Å². The molecule has 2 aliphatic heterocycles. The van der Waals surface area contributed by atoms with E-state index >= 15 is 0 Å². The highest BCUT2D eigenvalue weighted by molar-refractivity contribution is 5.77. The molecule has 0 saturated carbocycles. The van der Waals surface area contributed by atoms with Crippen LogP contribution >= 0.6 is 0 Å². The summed E-state index contributed by atoms with van der Waals surface area (Å²) in [7, 11) is 2.05. The largest absolute Gasteiger partial charge is 0.490 e. The van der Waals surface area contributed by atoms with Crippen molar-refractivity contribution in [1.82, 2.24) is 9.80 Å². The number of aliphatic hydroxyl groups excluding tert-OH is 1. The van der Waals surface area contributed by atoms with Gasteiger partial charge in [-0.2, -0.15) is 0 Å². The van der Waals surface area contributed by atoms with Gasteiger partial charge < -0.3 is 24.4 Å². The van der Waals surface area contributed by atoms with E-state index in [1.807, 2.05) is 4.90 Å². The number of rotatable bonds is 3. The van der Waals surface area contributed by atoms with Gasteiger partial charge in [0.25, 0.3) is 5.91 Å². The predicted molar refractivity (Wildman–Crippen MR) is 76.5 cm³/mol. The van der Waals surface area contributed by atoms with Crippen molar-refractivity contribution in [2.75, 3.05) is 46.4 Å². The lowest BCUT2D eigenvalue weighted by Crippen LogP contribution is -2.48. The van der Waals surface area contributed by atoms with Gasteiger partial charge in [0.2, 0.25) is 0 Å². The van der Waals surface area contributed by atoms with Crippen LogP contribution in [0.3, 0.4) is 0 Å². The topological polar surface area (TPSA) is 62.2 Å². The van der Waals surface area contributed by atoms with Crippen LogP contribution in [0, 0.1) is 0 Å². The van der Waals surface area contributed by atoms with Gasteiger partial charge in [0.15, 0.2) is 6.61 Å². The number of carbonyl (C=O) groups excluding carboxylic acids is 1. The van der Waals surface area contributed by atoms with Gasteiger partial charge in [-0.05, 0) is 19.2 Å². The second-order valence-electron chi connectivity index (χ2n) is 5.50. The first-order valence-electron chi connectivity index (χ1n) is 7.17. The van der Waals surface area contributed by atoms with Crippen LogP contribution in [0.1, 0.15) is 11.7 Å². The molecule has 21 heavy (non-hydrogen) atoms. The van der Waals surface area contributed by atoms with Crippen LogP contribution in [0.4, 0.5) is 0 Å². The van der Waals surface area contributed by atoms with E-state index in [0.29, 0.717) is 11.5 Å². The van der Waals surface area contributed by atoms with Crippen LogP contribution in [-0.4, -0.2) is 67.3 Å². The number of likely N-dealkylation sites (N-methyl/N-ethyl adjacent to an activating group) is 1. The maximum Gasteiger partial charge on any atom is 0.260 e. The molecule has 114 valence electrons. The summed E-state index contributed by atoms with van der Waals surface area (Å²) in [5, 5.41) is 9.65. The molecule has 1 unspecified atom stereocenters. The van der Waals surface area contributed by atoms with Gasteiger partial charge in [-0.15, -0.1) is 0 Å². The second-order valence-corrected chi connectivity index (χ2v) is 5.50. The summed E-state index contributed by atoms with van der Waals surface area (Å²) in [6.45, 7) is 3.60. The first-order chi connectivity index (χ1) is 10.1. The molecule has 6 nitrogen and oxygen atoms in total. The third-order valence-electron chi connectivity index (χ3n) is 3.96. The number of nitrogens with zero attached hydrogens (tertiary/aromatic N) is 2. The number of hydrogen-bond acceptors (Lipinski definition) is 5. The third kappa shape index (κ3) is 3.11. The molecule has 0 bridgehead atoms. The number of carbonyl (C=O) groups is 1. The smallest absolute Gasteiger partial charge is 0.260 e. The minimum absolute atomic E-state index is 0.00421. The highest BCUT2D eigenvalue weighted by atomic mass is 16.5. The lowest BCUT2D eigenvalue weighted by Gasteiger charge is -2.32. The molecule has 2 heterocycles. The molecule has 1 atom stereocenters. The van der Waals surface area contributed by atoms with Crippen LogP contribution < -0.4 is 9.47 Å². The Bertz CT molecular complexity index is 526. The van der Waals surface area contributed by atoms with Crippen LogP contribution in [0.2, 0.25) is 0 Å². The Hall–Kier alpha value is -1.79. The molecule has 0 aromatic heterocycles. The molecule has 1 aromatic rings. The van der Waals surface area contributed by atoms with Gasteiger partial charge in [-0.1, -0.05) is 0 Å². The van der Waals surface area contributed by atoms with Crippen LogP contribution in [0.5, 0.6) is 11.5 Å². The molecule has 0 spiro atoms. The highest BCUT2D eigenvalue weighted by Gasteiger charge is 2.23. The standard InChI is InChI=1S/C15H20N2O4/c1-16-4-6-17(7-5-16)15(19)10-20-11-2-3-12-13(18)9-21-14(12)8-11/h2-3,8,13,18H,4-7,9-10H2,1H3. The molecule has 3 rings (SSSR count). The lowest BCUT2D eigenvalue weighted by molar-refractivity contribution is -0.134. The minimum Gasteiger partial charge on any atom is -0.490 e. The van der Waals surface area contributed by atoms with Gasteiger partial charge in [0.1, 0.15) is 24.2 Å². The SMILES string of the molecule is CN1CCN(C(=O)COc2ccc3c(c2)OCC3O)CC1. The normalized spacial score (nSPS) is 21.8. The summed E-state index contributed by atoms with van der Waals surface area (Å²) >= 11 is 0. The molecule has 1 fully saturated rings. The summed E-state index contributed by atoms with van der Waals surface area (Å²) < 4.78 is 10.9. The van der Waals surface area contributed by atoms with Crippen molar-refractivity contribution in [3.63, 3.8) is 0 Å². The Kier molecular flexibility index (Phi) is 3.98. The average molecular weight is 292 g/mol. The fourth-order valence-corrected chi connectivity index (χ4v) is 2.56. The summed E-state index contributed by atoms with van der Waals surface area (Å²) in [6, 6.07) is 5.26. The van der Waals surface area contributed by atoms with E-state index in [-0.39, 0.29) is 19.1 Å². The summed E-state index contributed by atoms with van der Waals surface area (Å²) in [6.07, 6.45) is -0.568. The van der Waals surface area contributed by atoms with Gasteiger partial charge in [0, 0.05) is 37.8 Å². The van der Waals surface area contributed by atoms with E-state index < -0.39 is 6.10 Å². The number of amides is 1. The first kappa shape index (κ1) is 14.2. The van der Waals surface area contributed by atoms with Crippen LogP contribution in [0.25, 0.3) is 0 Å². The Morgan fingerprint density at radius 2 is 2.14 bits per heavy atom. The molecule has 0 aliphatic carbocycles. The molecule has 1 N–H and O–H groups in total. The van der Waals surface area contributed by atoms with Crippen molar-refractivity contribution in [2.45, 2.75) is 6.10 Å². The molecule has 0 radical (unpaired) electrons. The van der Waals surface area contributed by atoms with E-state index in [1.165, 1.54) is 0 Å². The summed E-state index contributed by atoms with van der Waals surface area (Å²) in [5.41, 5.74) is 0.771. The fourth-order valence-electron chi connectivity index (χ4n) is 2.56. The lowest BCUT2D eigenvalue weighted by atomic mass is 10.1.